The summed E-state index contributed by atoms with van der Waals surface area (Å²) in [6.07, 6.45) is 17.7. The number of aromatic amines is 2. The molecule has 71 heavy (non-hydrogen) atoms. The zero-order chi connectivity index (χ0) is 49.4. The molecule has 5 heterocycles. The summed E-state index contributed by atoms with van der Waals surface area (Å²) >= 11 is 0. The lowest BCUT2D eigenvalue weighted by atomic mass is 9.82. The molecule has 0 unspecified atom stereocenters. The third-order valence-corrected chi connectivity index (χ3v) is 17.1. The summed E-state index contributed by atoms with van der Waals surface area (Å²) in [5, 5.41) is 5.55. The maximum atomic E-state index is 14.0. The number of alkyl carbamates (subject to hydrolysis) is 2. The number of amides is 4. The maximum absolute atomic E-state index is 14.0. The van der Waals surface area contributed by atoms with Crippen LogP contribution in [0.2, 0.25) is 0 Å². The molecule has 0 bridgehead atoms. The molecule has 4 N–H and O–H groups in total. The van der Waals surface area contributed by atoms with E-state index in [9.17, 15) is 19.2 Å². The molecule has 0 radical (unpaired) electrons. The summed E-state index contributed by atoms with van der Waals surface area (Å²) < 4.78 is 9.72. The fourth-order valence-electron chi connectivity index (χ4n) is 12.6. The number of likely N-dealkylation sites (tertiary alicyclic amines) is 2. The summed E-state index contributed by atoms with van der Waals surface area (Å²) in [6, 6.07) is 15.5. The number of carbonyl (C=O) groups is 4. The molecule has 3 spiro atoms. The minimum Gasteiger partial charge on any atom is -0.453 e. The van der Waals surface area contributed by atoms with E-state index in [2.05, 4.69) is 75.3 Å². The molecule has 2 saturated heterocycles. The Kier molecular flexibility index (Phi) is 11.9. The van der Waals surface area contributed by atoms with Crippen LogP contribution in [0, 0.1) is 28.1 Å². The van der Waals surface area contributed by atoms with Gasteiger partial charge in [0.05, 0.1) is 55.8 Å². The number of methoxy groups -OCH3 is 2. The van der Waals surface area contributed by atoms with Crippen molar-refractivity contribution in [1.29, 1.82) is 0 Å². The minimum absolute atomic E-state index is 0.101. The Balaban J connectivity index is 0.824. The molecule has 6 aliphatic rings. The fraction of sp³-hybridized carbons (Fsp3) is 0.518. The molecule has 15 heteroatoms. The van der Waals surface area contributed by atoms with Gasteiger partial charge in [-0.3, -0.25) is 14.6 Å². The van der Waals surface area contributed by atoms with Gasteiger partial charge in [0, 0.05) is 30.4 Å². The quantitative estimate of drug-likeness (QED) is 0.0944. The Hall–Kier alpha value is -6.51. The van der Waals surface area contributed by atoms with Crippen LogP contribution >= 0.6 is 0 Å². The largest absolute Gasteiger partial charge is 0.453 e. The van der Waals surface area contributed by atoms with Crippen LogP contribution in [0.15, 0.2) is 67.1 Å². The van der Waals surface area contributed by atoms with Gasteiger partial charge in [0.2, 0.25) is 11.8 Å². The van der Waals surface area contributed by atoms with E-state index < -0.39 is 24.3 Å². The van der Waals surface area contributed by atoms with Gasteiger partial charge in [-0.2, -0.15) is 0 Å². The molecule has 4 amide bonds. The molecule has 3 saturated carbocycles. The second kappa shape index (κ2) is 18.0. The van der Waals surface area contributed by atoms with Gasteiger partial charge < -0.3 is 39.9 Å². The zero-order valence-corrected chi connectivity index (χ0v) is 41.9. The summed E-state index contributed by atoms with van der Waals surface area (Å²) in [6.45, 7) is 9.07. The molecule has 5 fully saturated rings. The first-order valence-electron chi connectivity index (χ1n) is 25.8. The number of benzene rings is 2. The van der Waals surface area contributed by atoms with Crippen molar-refractivity contribution in [2.45, 2.75) is 129 Å². The van der Waals surface area contributed by atoms with Crippen LogP contribution in [0.5, 0.6) is 0 Å². The van der Waals surface area contributed by atoms with E-state index in [1.165, 1.54) is 56.6 Å². The summed E-state index contributed by atoms with van der Waals surface area (Å²) in [4.78, 5) is 78.5. The van der Waals surface area contributed by atoms with E-state index >= 15 is 0 Å². The van der Waals surface area contributed by atoms with Gasteiger partial charge in [0.15, 0.2) is 0 Å². The van der Waals surface area contributed by atoms with Crippen molar-refractivity contribution in [2.75, 3.05) is 27.3 Å². The molecule has 4 aliphatic carbocycles. The molecule has 5 aromatic rings. The van der Waals surface area contributed by atoms with Crippen LogP contribution in [-0.2, 0) is 31.9 Å². The number of ether oxygens (including phenoxy) is 2. The van der Waals surface area contributed by atoms with Gasteiger partial charge in [0.25, 0.3) is 0 Å². The number of H-pyrrole nitrogens is 2. The van der Waals surface area contributed by atoms with Crippen molar-refractivity contribution in [2.24, 2.45) is 28.1 Å². The molecule has 4 atom stereocenters. The first-order chi connectivity index (χ1) is 34.2. The first-order valence-corrected chi connectivity index (χ1v) is 25.8. The number of imidazole rings is 2. The lowest BCUT2D eigenvalue weighted by Gasteiger charge is -2.30. The molecular formula is C56H67N9O6. The zero-order valence-electron chi connectivity index (χ0n) is 41.9. The van der Waals surface area contributed by atoms with E-state index in [1.54, 1.807) is 0 Å². The Bertz CT molecular complexity index is 2670. The Labute approximate surface area is 415 Å². The third-order valence-electron chi connectivity index (χ3n) is 17.1. The Morgan fingerprint density at radius 3 is 1.45 bits per heavy atom. The smallest absolute Gasteiger partial charge is 0.407 e. The Morgan fingerprint density at radius 2 is 1.01 bits per heavy atom. The number of nitrogens with one attached hydrogen (secondary N) is 4. The van der Waals surface area contributed by atoms with E-state index in [0.29, 0.717) is 13.1 Å². The SMILES string of the molecule is COC(=O)N[C@H](C(=O)N1CC2(CC2)C[C@H]1c1ncc(-c2ccc(-c3cnc(-c4ccc(-c5cnc([C@@H]6CC7(CC7)CN6C(=O)[C@@H](NC(=O)OC)C(C)C)[nH]5)cc4)c4c3CC3(CCCC3)C4)cc2)[nH]1)C(C)C. The van der Waals surface area contributed by atoms with Crippen LogP contribution in [-0.4, -0.2) is 98.1 Å². The summed E-state index contributed by atoms with van der Waals surface area (Å²) in [7, 11) is 2.63. The topological polar surface area (TPSA) is 188 Å². The molecule has 2 aliphatic heterocycles. The fourth-order valence-corrected chi connectivity index (χ4v) is 12.6. The van der Waals surface area contributed by atoms with Crippen molar-refractivity contribution in [1.82, 2.24) is 45.4 Å². The number of carbonyl (C=O) groups excluding carboxylic acids is 4. The minimum atomic E-state index is -0.689. The molecule has 15 nitrogen and oxygen atoms in total. The van der Waals surface area contributed by atoms with Crippen LogP contribution in [0.25, 0.3) is 44.9 Å². The van der Waals surface area contributed by atoms with Gasteiger partial charge in [0.1, 0.15) is 23.7 Å². The number of rotatable bonds is 12. The van der Waals surface area contributed by atoms with Gasteiger partial charge in [-0.1, -0.05) is 89.1 Å². The number of hydrogen-bond acceptors (Lipinski definition) is 9. The first kappa shape index (κ1) is 46.8. The van der Waals surface area contributed by atoms with Crippen molar-refractivity contribution in [3.8, 4) is 44.9 Å². The summed E-state index contributed by atoms with van der Waals surface area (Å²) in [5.41, 5.74) is 11.5. The normalized spacial score (nSPS) is 21.8. The van der Waals surface area contributed by atoms with E-state index in [4.69, 9.17) is 24.4 Å². The molecule has 2 aromatic carbocycles. The number of aromatic nitrogens is 5. The lowest BCUT2D eigenvalue weighted by Crippen LogP contribution is -2.51. The highest BCUT2D eigenvalue weighted by atomic mass is 16.5. The molecule has 11 rings (SSSR count). The van der Waals surface area contributed by atoms with Crippen LogP contribution in [0.4, 0.5) is 9.59 Å². The highest BCUT2D eigenvalue weighted by molar-refractivity contribution is 5.87. The second-order valence-electron chi connectivity index (χ2n) is 22.6. The van der Waals surface area contributed by atoms with Crippen LogP contribution < -0.4 is 10.6 Å². The van der Waals surface area contributed by atoms with E-state index in [1.807, 2.05) is 49.9 Å². The van der Waals surface area contributed by atoms with Crippen molar-refractivity contribution >= 4 is 24.0 Å². The van der Waals surface area contributed by atoms with E-state index in [-0.39, 0.29) is 52.0 Å². The predicted molar refractivity (Wildman–Crippen MR) is 268 cm³/mol. The second-order valence-corrected chi connectivity index (χ2v) is 22.6. The Morgan fingerprint density at radius 1 is 0.577 bits per heavy atom. The van der Waals surface area contributed by atoms with E-state index in [0.717, 1.165) is 102 Å². The highest BCUT2D eigenvalue weighted by Crippen LogP contribution is 2.60. The van der Waals surface area contributed by atoms with Gasteiger partial charge in [-0.05, 0) is 120 Å². The van der Waals surface area contributed by atoms with Crippen LogP contribution in [0.3, 0.4) is 0 Å². The number of nitrogens with zero attached hydrogens (tertiary/aromatic N) is 5. The maximum Gasteiger partial charge on any atom is 0.407 e. The van der Waals surface area contributed by atoms with Gasteiger partial charge in [-0.15, -0.1) is 0 Å². The third kappa shape index (κ3) is 8.77. The van der Waals surface area contributed by atoms with Gasteiger partial charge >= 0.3 is 12.2 Å². The predicted octanol–water partition coefficient (Wildman–Crippen LogP) is 9.72. The van der Waals surface area contributed by atoms with Crippen LogP contribution in [0.1, 0.15) is 127 Å². The summed E-state index contributed by atoms with van der Waals surface area (Å²) in [5.74, 6) is 1.12. The molecule has 372 valence electrons. The van der Waals surface area contributed by atoms with Crippen molar-refractivity contribution < 1.29 is 28.7 Å². The average molecular weight is 962 g/mol. The number of hydrogen-bond donors (Lipinski definition) is 4. The van der Waals surface area contributed by atoms with Crippen molar-refractivity contribution in [3.05, 3.63) is 89.9 Å². The standard InChI is InChI=1S/C56H67N9O6/c1-32(2)45(62-52(68)70-5)50(66)64-30-55(19-20-55)25-43(64)48-58-28-41(60-48)35-11-9-34(10-12-35)40-27-57-47(39-24-54(23-38(39)40)17-7-8-18-54)37-15-13-36(14-16-37)42-29-59-49(61-42)44-26-56(21-22-56)31-65(44)51(67)46(33(3)4)63-53(69)71-6/h9-16,27-29,32-33,43-46H,7-8,17-26,30-31H2,1-6H3,(H,58,60)(H,59,61)(H,62,68)(H,63,69)/t43-,44-,45-,46-/m0/s1. The monoisotopic (exact) mass is 962 g/mol. The van der Waals surface area contributed by atoms with Gasteiger partial charge in [-0.25, -0.2) is 19.6 Å². The van der Waals surface area contributed by atoms with Crippen molar-refractivity contribution in [3.63, 3.8) is 0 Å². The lowest BCUT2D eigenvalue weighted by molar-refractivity contribution is -0.136. The molecular weight excluding hydrogens is 895 g/mol. The number of fused-ring (bicyclic) bond motifs is 1. The molecule has 3 aromatic heterocycles. The number of pyridine rings is 1. The average Bonchev–Trinajstić information content (AvgIpc) is 3.80. The highest BCUT2D eigenvalue weighted by Gasteiger charge is 2.56.